The second-order valence-corrected chi connectivity index (χ2v) is 10.9. The number of hydrogen-bond acceptors (Lipinski definition) is 9. The van der Waals surface area contributed by atoms with Crippen LogP contribution in [0.5, 0.6) is 11.5 Å². The first-order chi connectivity index (χ1) is 19.6. The highest BCUT2D eigenvalue weighted by molar-refractivity contribution is 7.21. The van der Waals surface area contributed by atoms with E-state index in [1.165, 1.54) is 23.7 Å². The van der Waals surface area contributed by atoms with Gasteiger partial charge in [-0.25, -0.2) is 19.3 Å². The number of piperazine rings is 1. The predicted octanol–water partition coefficient (Wildman–Crippen LogP) is 5.81. The van der Waals surface area contributed by atoms with E-state index in [0.29, 0.717) is 45.7 Å². The van der Waals surface area contributed by atoms with E-state index in [1.807, 2.05) is 42.5 Å². The van der Waals surface area contributed by atoms with E-state index in [-0.39, 0.29) is 5.82 Å². The van der Waals surface area contributed by atoms with Gasteiger partial charge in [0.1, 0.15) is 23.0 Å². The molecule has 5 aromatic rings. The van der Waals surface area contributed by atoms with E-state index < -0.39 is 0 Å². The largest absolute Gasteiger partial charge is 0.493 e. The Kier molecular flexibility index (Phi) is 7.72. The van der Waals surface area contributed by atoms with Crippen LogP contribution in [0.25, 0.3) is 31.7 Å². The number of likely N-dealkylation sites (N-methyl/N-ethyl adjacent to an activating group) is 1. The number of anilines is 2. The molecule has 0 saturated carbocycles. The molecule has 0 unspecified atom stereocenters. The van der Waals surface area contributed by atoms with Gasteiger partial charge in [0, 0.05) is 55.4 Å². The van der Waals surface area contributed by atoms with Crippen molar-refractivity contribution in [3.05, 3.63) is 66.7 Å². The Morgan fingerprint density at radius 2 is 1.82 bits per heavy atom. The number of benzene rings is 3. The summed E-state index contributed by atoms with van der Waals surface area (Å²) in [4.78, 5) is 18.3. The Bertz CT molecular complexity index is 1600. The normalized spacial score (nSPS) is 14.6. The van der Waals surface area contributed by atoms with Gasteiger partial charge in [0.15, 0.2) is 11.5 Å². The molecule has 10 heteroatoms. The maximum Gasteiger partial charge on any atom is 0.163 e. The van der Waals surface area contributed by atoms with E-state index in [0.717, 1.165) is 54.7 Å². The first-order valence-corrected chi connectivity index (χ1v) is 14.2. The van der Waals surface area contributed by atoms with Gasteiger partial charge in [-0.1, -0.05) is 12.1 Å². The van der Waals surface area contributed by atoms with Crippen LogP contribution in [-0.2, 0) is 0 Å². The zero-order valence-electron chi connectivity index (χ0n) is 22.6. The summed E-state index contributed by atoms with van der Waals surface area (Å²) >= 11 is 1.47. The molecular weight excluding hydrogens is 527 g/mol. The topological polar surface area (TPSA) is 75.6 Å². The summed E-state index contributed by atoms with van der Waals surface area (Å²) in [6, 6.07) is 16.6. The zero-order chi connectivity index (χ0) is 27.5. The third kappa shape index (κ3) is 5.70. The van der Waals surface area contributed by atoms with Crippen LogP contribution in [0.2, 0.25) is 0 Å². The maximum absolute atomic E-state index is 15.2. The predicted molar refractivity (Wildman–Crippen MR) is 158 cm³/mol. The third-order valence-electron chi connectivity index (χ3n) is 7.15. The quantitative estimate of drug-likeness (QED) is 0.227. The van der Waals surface area contributed by atoms with Crippen molar-refractivity contribution in [3.63, 3.8) is 0 Å². The molecule has 40 heavy (non-hydrogen) atoms. The summed E-state index contributed by atoms with van der Waals surface area (Å²) in [6.45, 7) is 6.00. The summed E-state index contributed by atoms with van der Waals surface area (Å²) in [6.07, 6.45) is 2.42. The number of ether oxygens (including phenoxy) is 2. The Morgan fingerprint density at radius 3 is 2.62 bits per heavy atom. The molecule has 3 heterocycles. The number of rotatable bonds is 9. The SMILES string of the molecule is COc1cc2c(Nc3ccc(-c4nc5ccccc5s4)c(F)c3)ncnc2cc1OCCCN1CCN(C)CC1. The summed E-state index contributed by atoms with van der Waals surface area (Å²) in [5, 5.41) is 4.64. The van der Waals surface area contributed by atoms with Gasteiger partial charge in [0.05, 0.1) is 29.5 Å². The number of fused-ring (bicyclic) bond motifs is 2. The van der Waals surface area contributed by atoms with Gasteiger partial charge in [0.25, 0.3) is 0 Å². The van der Waals surface area contributed by atoms with Crippen LogP contribution in [0.4, 0.5) is 15.9 Å². The molecule has 0 spiro atoms. The monoisotopic (exact) mass is 558 g/mol. The van der Waals surface area contributed by atoms with Gasteiger partial charge in [-0.2, -0.15) is 0 Å². The lowest BCUT2D eigenvalue weighted by Gasteiger charge is -2.32. The van der Waals surface area contributed by atoms with Gasteiger partial charge in [-0.15, -0.1) is 11.3 Å². The molecule has 8 nitrogen and oxygen atoms in total. The second kappa shape index (κ2) is 11.7. The molecule has 0 bridgehead atoms. The fourth-order valence-electron chi connectivity index (χ4n) is 4.87. The number of aromatic nitrogens is 3. The molecule has 6 rings (SSSR count). The lowest BCUT2D eigenvalue weighted by Crippen LogP contribution is -2.44. The van der Waals surface area contributed by atoms with Gasteiger partial charge < -0.3 is 24.6 Å². The Morgan fingerprint density at radius 1 is 0.975 bits per heavy atom. The van der Waals surface area contributed by atoms with Gasteiger partial charge in [-0.05, 0) is 49.9 Å². The van der Waals surface area contributed by atoms with Crippen molar-refractivity contribution in [2.24, 2.45) is 0 Å². The molecule has 1 N–H and O–H groups in total. The Labute approximate surface area is 236 Å². The molecule has 3 aromatic carbocycles. The zero-order valence-corrected chi connectivity index (χ0v) is 23.4. The molecule has 1 saturated heterocycles. The minimum Gasteiger partial charge on any atom is -0.493 e. The van der Waals surface area contributed by atoms with Crippen molar-refractivity contribution < 1.29 is 13.9 Å². The Hall–Kier alpha value is -3.86. The van der Waals surface area contributed by atoms with E-state index >= 15 is 4.39 Å². The molecule has 0 radical (unpaired) electrons. The average molecular weight is 559 g/mol. The second-order valence-electron chi connectivity index (χ2n) is 9.90. The lowest BCUT2D eigenvalue weighted by molar-refractivity contribution is 0.145. The number of nitrogens with one attached hydrogen (secondary N) is 1. The molecule has 0 atom stereocenters. The van der Waals surface area contributed by atoms with E-state index in [9.17, 15) is 0 Å². The first-order valence-electron chi connectivity index (χ1n) is 13.4. The van der Waals surface area contributed by atoms with Crippen LogP contribution in [-0.4, -0.2) is 78.2 Å². The van der Waals surface area contributed by atoms with Gasteiger partial charge >= 0.3 is 0 Å². The minimum atomic E-state index is -0.354. The third-order valence-corrected chi connectivity index (χ3v) is 8.22. The van der Waals surface area contributed by atoms with Crippen LogP contribution < -0.4 is 14.8 Å². The van der Waals surface area contributed by atoms with Gasteiger partial charge in [0.2, 0.25) is 0 Å². The van der Waals surface area contributed by atoms with Crippen LogP contribution in [0, 0.1) is 5.82 Å². The van der Waals surface area contributed by atoms with Crippen LogP contribution in [0.15, 0.2) is 60.9 Å². The lowest BCUT2D eigenvalue weighted by atomic mass is 10.1. The number of halogens is 1. The molecule has 0 aliphatic carbocycles. The average Bonchev–Trinajstić information content (AvgIpc) is 3.40. The first kappa shape index (κ1) is 26.4. The molecule has 1 aliphatic rings. The van der Waals surface area contributed by atoms with E-state index in [2.05, 4.69) is 37.1 Å². The van der Waals surface area contributed by atoms with Gasteiger partial charge in [-0.3, -0.25) is 0 Å². The fourth-order valence-corrected chi connectivity index (χ4v) is 5.86. The molecule has 1 aliphatic heterocycles. The van der Waals surface area contributed by atoms with Crippen molar-refractivity contribution in [2.75, 3.05) is 58.8 Å². The minimum absolute atomic E-state index is 0.354. The molecule has 2 aromatic heterocycles. The highest BCUT2D eigenvalue weighted by Gasteiger charge is 2.16. The maximum atomic E-state index is 15.2. The van der Waals surface area contributed by atoms with Crippen molar-refractivity contribution in [3.8, 4) is 22.1 Å². The highest BCUT2D eigenvalue weighted by atomic mass is 32.1. The van der Waals surface area contributed by atoms with Crippen molar-refractivity contribution in [1.82, 2.24) is 24.8 Å². The Balaban J connectivity index is 1.17. The molecule has 1 fully saturated rings. The smallest absolute Gasteiger partial charge is 0.163 e. The molecule has 0 amide bonds. The number of thiazole rings is 1. The van der Waals surface area contributed by atoms with Crippen LogP contribution >= 0.6 is 11.3 Å². The highest BCUT2D eigenvalue weighted by Crippen LogP contribution is 2.36. The van der Waals surface area contributed by atoms with Crippen molar-refractivity contribution in [1.29, 1.82) is 0 Å². The van der Waals surface area contributed by atoms with Crippen LogP contribution in [0.1, 0.15) is 6.42 Å². The number of nitrogens with zero attached hydrogens (tertiary/aromatic N) is 5. The number of para-hydroxylation sites is 1. The summed E-state index contributed by atoms with van der Waals surface area (Å²) < 4.78 is 28.0. The summed E-state index contributed by atoms with van der Waals surface area (Å²) in [7, 11) is 3.78. The van der Waals surface area contributed by atoms with Crippen molar-refractivity contribution in [2.45, 2.75) is 6.42 Å². The number of methoxy groups -OCH3 is 1. The van der Waals surface area contributed by atoms with E-state index in [1.54, 1.807) is 13.2 Å². The summed E-state index contributed by atoms with van der Waals surface area (Å²) in [5.41, 5.74) is 2.61. The van der Waals surface area contributed by atoms with Crippen LogP contribution in [0.3, 0.4) is 0 Å². The standard InChI is InChI=1S/C30H31FN6O2S/c1-36-11-13-37(14-12-36)10-5-15-39-27-18-25-22(17-26(27)38-2)29(33-19-32-25)34-20-8-9-21(23(31)16-20)30-35-24-6-3-4-7-28(24)40-30/h3-4,6-9,16-19H,5,10-15H2,1-2H3,(H,32,33,34). The van der Waals surface area contributed by atoms with E-state index in [4.69, 9.17) is 9.47 Å². The molecule has 206 valence electrons. The number of hydrogen-bond donors (Lipinski definition) is 1. The van der Waals surface area contributed by atoms with Crippen molar-refractivity contribution >= 4 is 44.0 Å². The summed E-state index contributed by atoms with van der Waals surface area (Å²) in [5.74, 6) is 1.44. The fraction of sp³-hybridized carbons (Fsp3) is 0.300. The molecular formula is C30H31FN6O2S.